The van der Waals surface area contributed by atoms with Crippen molar-refractivity contribution in [1.29, 1.82) is 0 Å². The van der Waals surface area contributed by atoms with Gasteiger partial charge in [0.25, 0.3) is 0 Å². The lowest BCUT2D eigenvalue weighted by atomic mass is 10.2. The molecule has 0 unspecified atom stereocenters. The van der Waals surface area contributed by atoms with Crippen molar-refractivity contribution >= 4 is 23.2 Å². The summed E-state index contributed by atoms with van der Waals surface area (Å²) in [5.74, 6) is 0. The standard InChI is InChI=1S/C6H9Cl2NO/c7-6(8)1-2-9-5-3-10-4-5/h1,5,9H,2-4H2. The van der Waals surface area contributed by atoms with E-state index in [4.69, 9.17) is 27.9 Å². The van der Waals surface area contributed by atoms with E-state index in [1.165, 1.54) is 0 Å². The van der Waals surface area contributed by atoms with Gasteiger partial charge >= 0.3 is 0 Å². The molecule has 10 heavy (non-hydrogen) atoms. The molecule has 0 saturated carbocycles. The highest BCUT2D eigenvalue weighted by atomic mass is 35.5. The lowest BCUT2D eigenvalue weighted by molar-refractivity contribution is -0.00345. The molecule has 0 aromatic rings. The Morgan fingerprint density at radius 2 is 2.30 bits per heavy atom. The molecule has 1 heterocycles. The average Bonchev–Trinajstić information content (AvgIpc) is 1.75. The molecule has 0 atom stereocenters. The van der Waals surface area contributed by atoms with E-state index in [1.54, 1.807) is 6.08 Å². The molecule has 0 bridgehead atoms. The van der Waals surface area contributed by atoms with Gasteiger partial charge in [-0.05, 0) is 6.08 Å². The monoisotopic (exact) mass is 181 g/mol. The minimum atomic E-state index is 0.313. The van der Waals surface area contributed by atoms with Crippen molar-refractivity contribution in [3.05, 3.63) is 10.6 Å². The molecular formula is C6H9Cl2NO. The molecule has 0 spiro atoms. The normalized spacial score (nSPS) is 18.2. The van der Waals surface area contributed by atoms with Crippen LogP contribution in [-0.4, -0.2) is 25.8 Å². The summed E-state index contributed by atoms with van der Waals surface area (Å²) in [5.41, 5.74) is 0. The summed E-state index contributed by atoms with van der Waals surface area (Å²) >= 11 is 10.8. The van der Waals surface area contributed by atoms with Crippen LogP contribution in [0.4, 0.5) is 0 Å². The molecule has 1 saturated heterocycles. The summed E-state index contributed by atoms with van der Waals surface area (Å²) in [6.07, 6.45) is 1.72. The summed E-state index contributed by atoms with van der Waals surface area (Å²) in [7, 11) is 0. The highest BCUT2D eigenvalue weighted by Crippen LogP contribution is 2.05. The maximum atomic E-state index is 5.38. The van der Waals surface area contributed by atoms with Gasteiger partial charge in [-0.1, -0.05) is 23.2 Å². The number of nitrogens with one attached hydrogen (secondary N) is 1. The van der Waals surface area contributed by atoms with Crippen molar-refractivity contribution in [2.75, 3.05) is 19.8 Å². The Labute approximate surface area is 70.1 Å². The molecule has 1 aliphatic rings. The van der Waals surface area contributed by atoms with Gasteiger partial charge in [-0.3, -0.25) is 0 Å². The van der Waals surface area contributed by atoms with Crippen LogP contribution in [0.15, 0.2) is 10.6 Å². The summed E-state index contributed by atoms with van der Waals surface area (Å²) in [6.45, 7) is 2.32. The zero-order chi connectivity index (χ0) is 7.40. The number of ether oxygens (including phenoxy) is 1. The van der Waals surface area contributed by atoms with Crippen LogP contribution in [0.25, 0.3) is 0 Å². The number of hydrogen-bond acceptors (Lipinski definition) is 2. The van der Waals surface area contributed by atoms with Crippen molar-refractivity contribution < 1.29 is 4.74 Å². The zero-order valence-electron chi connectivity index (χ0n) is 5.44. The molecule has 0 aromatic heterocycles. The van der Waals surface area contributed by atoms with Crippen molar-refractivity contribution in [2.24, 2.45) is 0 Å². The van der Waals surface area contributed by atoms with E-state index in [0.717, 1.165) is 19.8 Å². The predicted octanol–water partition coefficient (Wildman–Crippen LogP) is 1.29. The quantitative estimate of drug-likeness (QED) is 0.710. The van der Waals surface area contributed by atoms with Gasteiger partial charge in [0.05, 0.1) is 19.3 Å². The first-order chi connectivity index (χ1) is 4.79. The third-order valence-electron chi connectivity index (χ3n) is 1.30. The molecule has 4 heteroatoms. The second-order valence-electron chi connectivity index (χ2n) is 2.14. The van der Waals surface area contributed by atoms with E-state index < -0.39 is 0 Å². The molecule has 0 amide bonds. The SMILES string of the molecule is ClC(Cl)=CCNC1COC1. The molecule has 58 valence electrons. The molecule has 1 rings (SSSR count). The Kier molecular flexibility index (Phi) is 3.49. The first-order valence-corrected chi connectivity index (χ1v) is 3.87. The molecule has 0 aliphatic carbocycles. The minimum Gasteiger partial charge on any atom is -0.378 e. The van der Waals surface area contributed by atoms with Crippen molar-refractivity contribution in [3.8, 4) is 0 Å². The van der Waals surface area contributed by atoms with Gasteiger partial charge < -0.3 is 10.1 Å². The fraction of sp³-hybridized carbons (Fsp3) is 0.667. The Bertz CT molecular complexity index is 130. The fourth-order valence-corrected chi connectivity index (χ4v) is 0.811. The van der Waals surface area contributed by atoms with Crippen LogP contribution in [0, 0.1) is 0 Å². The van der Waals surface area contributed by atoms with Gasteiger partial charge in [-0.2, -0.15) is 0 Å². The van der Waals surface area contributed by atoms with E-state index in [1.807, 2.05) is 0 Å². The van der Waals surface area contributed by atoms with E-state index in [0.29, 0.717) is 10.5 Å². The Morgan fingerprint density at radius 3 is 2.70 bits per heavy atom. The second kappa shape index (κ2) is 4.19. The summed E-state index contributed by atoms with van der Waals surface area (Å²) < 4.78 is 5.26. The first kappa shape index (κ1) is 8.34. The van der Waals surface area contributed by atoms with Crippen LogP contribution in [0.5, 0.6) is 0 Å². The number of hydrogen-bond donors (Lipinski definition) is 1. The Balaban J connectivity index is 1.99. The van der Waals surface area contributed by atoms with Gasteiger partial charge in [0, 0.05) is 6.54 Å². The van der Waals surface area contributed by atoms with Crippen LogP contribution < -0.4 is 5.32 Å². The van der Waals surface area contributed by atoms with Gasteiger partial charge in [-0.25, -0.2) is 0 Å². The maximum Gasteiger partial charge on any atom is 0.104 e. The molecule has 1 N–H and O–H groups in total. The molecule has 0 aromatic carbocycles. The van der Waals surface area contributed by atoms with Crippen molar-refractivity contribution in [2.45, 2.75) is 6.04 Å². The van der Waals surface area contributed by atoms with Gasteiger partial charge in [-0.15, -0.1) is 0 Å². The van der Waals surface area contributed by atoms with Crippen LogP contribution in [0.1, 0.15) is 0 Å². The van der Waals surface area contributed by atoms with Crippen LogP contribution in [-0.2, 0) is 4.74 Å². The first-order valence-electron chi connectivity index (χ1n) is 3.11. The molecular weight excluding hydrogens is 173 g/mol. The smallest absolute Gasteiger partial charge is 0.104 e. The van der Waals surface area contributed by atoms with Gasteiger partial charge in [0.15, 0.2) is 0 Å². The van der Waals surface area contributed by atoms with Crippen LogP contribution in [0.2, 0.25) is 0 Å². The summed E-state index contributed by atoms with van der Waals surface area (Å²) in [6, 6.07) is 0.490. The van der Waals surface area contributed by atoms with E-state index in [-0.39, 0.29) is 0 Å². The molecule has 1 aliphatic heterocycles. The lowest BCUT2D eigenvalue weighted by Gasteiger charge is -2.26. The molecule has 0 radical (unpaired) electrons. The van der Waals surface area contributed by atoms with Gasteiger partial charge in [0.2, 0.25) is 0 Å². The number of rotatable bonds is 3. The van der Waals surface area contributed by atoms with Gasteiger partial charge in [0.1, 0.15) is 4.49 Å². The molecule has 1 fully saturated rings. The zero-order valence-corrected chi connectivity index (χ0v) is 6.95. The van der Waals surface area contributed by atoms with E-state index >= 15 is 0 Å². The third-order valence-corrected chi connectivity index (χ3v) is 1.61. The third kappa shape index (κ3) is 2.88. The van der Waals surface area contributed by atoms with Crippen molar-refractivity contribution in [1.82, 2.24) is 5.32 Å². The summed E-state index contributed by atoms with van der Waals surface area (Å²) in [4.78, 5) is 0. The lowest BCUT2D eigenvalue weighted by Crippen LogP contribution is -2.45. The highest BCUT2D eigenvalue weighted by molar-refractivity contribution is 6.55. The van der Waals surface area contributed by atoms with Crippen molar-refractivity contribution in [3.63, 3.8) is 0 Å². The van der Waals surface area contributed by atoms with E-state index in [2.05, 4.69) is 5.32 Å². The summed E-state index contributed by atoms with van der Waals surface area (Å²) in [5, 5.41) is 3.18. The number of halogens is 2. The van der Waals surface area contributed by atoms with Crippen LogP contribution >= 0.6 is 23.2 Å². The second-order valence-corrected chi connectivity index (χ2v) is 3.14. The predicted molar refractivity (Wildman–Crippen MR) is 42.4 cm³/mol. The highest BCUT2D eigenvalue weighted by Gasteiger charge is 2.15. The minimum absolute atomic E-state index is 0.313. The average molecular weight is 182 g/mol. The largest absolute Gasteiger partial charge is 0.378 e. The van der Waals surface area contributed by atoms with E-state index in [9.17, 15) is 0 Å². The topological polar surface area (TPSA) is 21.3 Å². The fourth-order valence-electron chi connectivity index (χ4n) is 0.656. The molecule has 2 nitrogen and oxygen atoms in total. The van der Waals surface area contributed by atoms with Crippen LogP contribution in [0.3, 0.4) is 0 Å². The maximum absolute atomic E-state index is 5.38. The Morgan fingerprint density at radius 1 is 1.60 bits per heavy atom. The Hall–Kier alpha value is 0.240.